The van der Waals surface area contributed by atoms with E-state index in [0.717, 1.165) is 36.2 Å². The molecule has 1 atom stereocenters. The Balaban J connectivity index is 1.99. The van der Waals surface area contributed by atoms with Crippen molar-refractivity contribution in [1.29, 1.82) is 0 Å². The fourth-order valence-corrected chi connectivity index (χ4v) is 3.38. The second-order valence-corrected chi connectivity index (χ2v) is 6.90. The van der Waals surface area contributed by atoms with E-state index in [1.165, 1.54) is 0 Å². The lowest BCUT2D eigenvalue weighted by molar-refractivity contribution is 0.394. The highest BCUT2D eigenvalue weighted by atomic mass is 35.5. The zero-order chi connectivity index (χ0) is 18.1. The highest BCUT2D eigenvalue weighted by molar-refractivity contribution is 6.29. The number of halogens is 1. The van der Waals surface area contributed by atoms with Gasteiger partial charge in [0.15, 0.2) is 5.82 Å². The van der Waals surface area contributed by atoms with Crippen LogP contribution >= 0.6 is 11.6 Å². The number of methoxy groups -OCH3 is 1. The fourth-order valence-electron chi connectivity index (χ4n) is 3.19. The van der Waals surface area contributed by atoms with Crippen LogP contribution in [0.5, 0.6) is 5.88 Å². The van der Waals surface area contributed by atoms with Gasteiger partial charge in [0.25, 0.3) is 5.56 Å². The molecule has 0 amide bonds. The molecule has 0 unspecified atom stereocenters. The van der Waals surface area contributed by atoms with Crippen LogP contribution in [0, 0.1) is 19.8 Å². The van der Waals surface area contributed by atoms with Crippen LogP contribution in [-0.2, 0) is 0 Å². The molecule has 1 fully saturated rings. The first kappa shape index (κ1) is 17.7. The predicted octanol–water partition coefficient (Wildman–Crippen LogP) is 4.02. The van der Waals surface area contributed by atoms with Crippen molar-refractivity contribution in [1.82, 2.24) is 14.5 Å². The quantitative estimate of drug-likeness (QED) is 0.840. The first-order valence-corrected chi connectivity index (χ1v) is 8.90. The van der Waals surface area contributed by atoms with Crippen molar-refractivity contribution in [3.05, 3.63) is 39.0 Å². The molecule has 3 rings (SSSR count). The summed E-state index contributed by atoms with van der Waals surface area (Å²) in [6, 6.07) is 2.07. The predicted molar refractivity (Wildman–Crippen MR) is 99.1 cm³/mol. The minimum atomic E-state index is -0.156. The molecule has 1 saturated carbocycles. The van der Waals surface area contributed by atoms with Crippen LogP contribution < -0.4 is 15.6 Å². The number of anilines is 2. The van der Waals surface area contributed by atoms with Crippen LogP contribution in [0.25, 0.3) is 0 Å². The Morgan fingerprint density at radius 1 is 1.40 bits per heavy atom. The molecule has 0 radical (unpaired) electrons. The van der Waals surface area contributed by atoms with E-state index < -0.39 is 0 Å². The third-order valence-electron chi connectivity index (χ3n) is 4.65. The van der Waals surface area contributed by atoms with E-state index in [1.54, 1.807) is 17.9 Å². The molecule has 0 aliphatic heterocycles. The molecule has 6 nitrogen and oxygen atoms in total. The molecule has 25 heavy (non-hydrogen) atoms. The normalized spacial score (nSPS) is 15.1. The number of nitrogens with zero attached hydrogens (tertiary/aromatic N) is 3. The topological polar surface area (TPSA) is 69.0 Å². The second kappa shape index (κ2) is 7.04. The third kappa shape index (κ3) is 3.63. The maximum Gasteiger partial charge on any atom is 0.294 e. The van der Waals surface area contributed by atoms with Crippen LogP contribution in [0.15, 0.2) is 17.1 Å². The summed E-state index contributed by atoms with van der Waals surface area (Å²) in [5.74, 6) is 1.35. The molecule has 0 saturated heterocycles. The molecule has 7 heteroatoms. The SMILES string of the molecule is CC[C@H](C1CC1)n1cc(Cl)nc(Nc2cc(C)c(OC)nc2C)c1=O. The van der Waals surface area contributed by atoms with Gasteiger partial charge in [-0.2, -0.15) is 0 Å². The summed E-state index contributed by atoms with van der Waals surface area (Å²) in [4.78, 5) is 21.5. The van der Waals surface area contributed by atoms with E-state index in [0.29, 0.717) is 17.0 Å². The molecule has 1 aliphatic rings. The van der Waals surface area contributed by atoms with Crippen molar-refractivity contribution in [2.24, 2.45) is 5.92 Å². The highest BCUT2D eigenvalue weighted by Crippen LogP contribution is 2.41. The van der Waals surface area contributed by atoms with E-state index in [2.05, 4.69) is 22.2 Å². The smallest absolute Gasteiger partial charge is 0.294 e. The van der Waals surface area contributed by atoms with E-state index in [-0.39, 0.29) is 17.4 Å². The van der Waals surface area contributed by atoms with E-state index in [1.807, 2.05) is 19.9 Å². The molecule has 1 aliphatic carbocycles. The van der Waals surface area contributed by atoms with Gasteiger partial charge >= 0.3 is 0 Å². The average Bonchev–Trinajstić information content (AvgIpc) is 3.40. The van der Waals surface area contributed by atoms with Gasteiger partial charge in [0.05, 0.1) is 18.5 Å². The van der Waals surface area contributed by atoms with Gasteiger partial charge < -0.3 is 14.6 Å². The summed E-state index contributed by atoms with van der Waals surface area (Å²) >= 11 is 6.19. The van der Waals surface area contributed by atoms with Gasteiger partial charge in [-0.15, -0.1) is 0 Å². The molecule has 2 aromatic rings. The largest absolute Gasteiger partial charge is 0.481 e. The Morgan fingerprint density at radius 3 is 2.72 bits per heavy atom. The van der Waals surface area contributed by atoms with E-state index in [9.17, 15) is 4.79 Å². The second-order valence-electron chi connectivity index (χ2n) is 6.51. The monoisotopic (exact) mass is 362 g/mol. The zero-order valence-electron chi connectivity index (χ0n) is 15.0. The Hall–Kier alpha value is -2.08. The number of nitrogens with one attached hydrogen (secondary N) is 1. The zero-order valence-corrected chi connectivity index (χ0v) is 15.7. The maximum atomic E-state index is 12.9. The number of hydrogen-bond donors (Lipinski definition) is 1. The minimum absolute atomic E-state index is 0.156. The maximum absolute atomic E-state index is 12.9. The van der Waals surface area contributed by atoms with Crippen LogP contribution in [0.4, 0.5) is 11.5 Å². The molecular formula is C18H23ClN4O2. The summed E-state index contributed by atoms with van der Waals surface area (Å²) in [6.45, 7) is 5.85. The summed E-state index contributed by atoms with van der Waals surface area (Å²) in [5.41, 5.74) is 2.17. The van der Waals surface area contributed by atoms with E-state index >= 15 is 0 Å². The molecule has 0 spiro atoms. The van der Waals surface area contributed by atoms with Crippen molar-refractivity contribution in [3.8, 4) is 5.88 Å². The number of aromatic nitrogens is 3. The van der Waals surface area contributed by atoms with Gasteiger partial charge in [0, 0.05) is 17.8 Å². The third-order valence-corrected chi connectivity index (χ3v) is 4.83. The van der Waals surface area contributed by atoms with Crippen molar-refractivity contribution in [2.75, 3.05) is 12.4 Å². The molecule has 2 heterocycles. The summed E-state index contributed by atoms with van der Waals surface area (Å²) in [6.07, 6.45) is 4.86. The number of aryl methyl sites for hydroxylation is 2. The Morgan fingerprint density at radius 2 is 2.12 bits per heavy atom. The number of pyridine rings is 1. The first-order valence-electron chi connectivity index (χ1n) is 8.52. The molecule has 0 aromatic carbocycles. The average molecular weight is 363 g/mol. The molecule has 134 valence electrons. The number of hydrogen-bond acceptors (Lipinski definition) is 5. The van der Waals surface area contributed by atoms with Crippen LogP contribution in [-0.4, -0.2) is 21.6 Å². The summed E-state index contributed by atoms with van der Waals surface area (Å²) in [7, 11) is 1.59. The van der Waals surface area contributed by atoms with Gasteiger partial charge in [-0.3, -0.25) is 4.79 Å². The number of rotatable bonds is 6. The highest BCUT2D eigenvalue weighted by Gasteiger charge is 2.32. The lowest BCUT2D eigenvalue weighted by Gasteiger charge is -2.19. The standard InChI is InChI=1S/C18H23ClN4O2/c1-5-14(12-6-7-12)23-9-15(19)22-16(18(23)24)21-13-8-10(2)17(25-4)20-11(13)3/h8-9,12,14H,5-7H2,1-4H3,(H,21,22)/t14-/m1/s1. The first-order chi connectivity index (χ1) is 11.9. The van der Waals surface area contributed by atoms with Crippen molar-refractivity contribution < 1.29 is 4.74 Å². The number of ether oxygens (including phenoxy) is 1. The van der Waals surface area contributed by atoms with Crippen LogP contribution in [0.2, 0.25) is 5.15 Å². The molecule has 0 bridgehead atoms. The van der Waals surface area contributed by atoms with Crippen LogP contribution in [0.3, 0.4) is 0 Å². The minimum Gasteiger partial charge on any atom is -0.481 e. The van der Waals surface area contributed by atoms with Crippen molar-refractivity contribution in [3.63, 3.8) is 0 Å². The van der Waals surface area contributed by atoms with Crippen molar-refractivity contribution >= 4 is 23.1 Å². The Bertz CT molecular complexity index is 846. The van der Waals surface area contributed by atoms with E-state index in [4.69, 9.17) is 16.3 Å². The fraction of sp³-hybridized carbons (Fsp3) is 0.500. The van der Waals surface area contributed by atoms with Gasteiger partial charge in [-0.1, -0.05) is 18.5 Å². The van der Waals surface area contributed by atoms with Crippen molar-refractivity contribution in [2.45, 2.75) is 46.1 Å². The van der Waals surface area contributed by atoms with Crippen LogP contribution in [0.1, 0.15) is 43.5 Å². The Labute approximate surface area is 152 Å². The van der Waals surface area contributed by atoms with Gasteiger partial charge in [-0.25, -0.2) is 9.97 Å². The van der Waals surface area contributed by atoms with Gasteiger partial charge in [0.1, 0.15) is 5.15 Å². The lowest BCUT2D eigenvalue weighted by Crippen LogP contribution is -2.28. The van der Waals surface area contributed by atoms with Gasteiger partial charge in [0.2, 0.25) is 5.88 Å². The lowest BCUT2D eigenvalue weighted by atomic mass is 10.1. The summed E-state index contributed by atoms with van der Waals surface area (Å²) in [5, 5.41) is 3.41. The molecule has 2 aromatic heterocycles. The van der Waals surface area contributed by atoms with Gasteiger partial charge in [-0.05, 0) is 45.1 Å². The molecule has 1 N–H and O–H groups in total. The summed E-state index contributed by atoms with van der Waals surface area (Å²) < 4.78 is 6.96. The molecular weight excluding hydrogens is 340 g/mol. The Kier molecular flexibility index (Phi) is 4.99.